The Kier molecular flexibility index (Phi) is 40.2. The van der Waals surface area contributed by atoms with Crippen LogP contribution < -0.4 is 5.11 Å². The van der Waals surface area contributed by atoms with E-state index in [9.17, 15) is 19.5 Å². The minimum Gasteiger partial charge on any atom is -0.544 e. The molecular weight excluding hydrogens is 751 g/mol. The first kappa shape index (κ1) is 56.8. The molecule has 0 aromatic heterocycles. The molecule has 0 spiro atoms. The molecule has 0 aromatic rings. The van der Waals surface area contributed by atoms with Gasteiger partial charge in [0.2, 0.25) is 0 Å². The van der Waals surface area contributed by atoms with Crippen LogP contribution in [0.15, 0.2) is 72.9 Å². The van der Waals surface area contributed by atoms with Crippen LogP contribution in [0.1, 0.15) is 187 Å². The monoisotopic (exact) mass is 840 g/mol. The second-order valence-corrected chi connectivity index (χ2v) is 17.0. The zero-order valence-corrected chi connectivity index (χ0v) is 39.1. The van der Waals surface area contributed by atoms with Gasteiger partial charge in [-0.25, -0.2) is 0 Å². The number of carbonyl (C=O) groups excluding carboxylic acids is 3. The Morgan fingerprint density at radius 2 is 0.933 bits per heavy atom. The van der Waals surface area contributed by atoms with Gasteiger partial charge >= 0.3 is 11.9 Å². The Morgan fingerprint density at radius 3 is 1.38 bits per heavy atom. The molecular formula is C52H89NO7. The van der Waals surface area contributed by atoms with Crippen LogP contribution in [0.25, 0.3) is 0 Å². The first-order valence-electron chi connectivity index (χ1n) is 24.0. The third-order valence-electron chi connectivity index (χ3n) is 10.3. The van der Waals surface area contributed by atoms with E-state index >= 15 is 0 Å². The third-order valence-corrected chi connectivity index (χ3v) is 10.3. The van der Waals surface area contributed by atoms with Crippen molar-refractivity contribution in [2.45, 2.75) is 199 Å². The Hall–Kier alpha value is -3.23. The van der Waals surface area contributed by atoms with Crippen molar-refractivity contribution >= 4 is 17.9 Å². The quantitative estimate of drug-likeness (QED) is 0.0261. The maximum Gasteiger partial charge on any atom is 0.306 e. The lowest BCUT2D eigenvalue weighted by Gasteiger charge is -2.34. The lowest BCUT2D eigenvalue weighted by atomic mass is 10.1. The first-order valence-corrected chi connectivity index (χ1v) is 24.0. The van der Waals surface area contributed by atoms with Gasteiger partial charge in [0.25, 0.3) is 0 Å². The van der Waals surface area contributed by atoms with Crippen LogP contribution in [0.4, 0.5) is 0 Å². The number of aliphatic carboxylic acids is 1. The second-order valence-electron chi connectivity index (χ2n) is 17.0. The molecule has 0 saturated carbocycles. The molecule has 0 N–H and O–H groups in total. The van der Waals surface area contributed by atoms with Crippen molar-refractivity contribution in [3.63, 3.8) is 0 Å². The minimum atomic E-state index is -1.13. The van der Waals surface area contributed by atoms with Gasteiger partial charge in [-0.05, 0) is 83.5 Å². The number of quaternary nitrogens is 1. The molecule has 0 radical (unpaired) electrons. The van der Waals surface area contributed by atoms with E-state index in [4.69, 9.17) is 14.2 Å². The lowest BCUT2D eigenvalue weighted by molar-refractivity contribution is -0.889. The van der Waals surface area contributed by atoms with Gasteiger partial charge in [-0.15, -0.1) is 0 Å². The Morgan fingerprint density at radius 1 is 0.517 bits per heavy atom. The molecule has 0 aromatic carbocycles. The van der Waals surface area contributed by atoms with Crippen molar-refractivity contribution in [2.24, 2.45) is 0 Å². The van der Waals surface area contributed by atoms with Gasteiger partial charge in [0.15, 0.2) is 6.10 Å². The molecule has 0 aliphatic heterocycles. The van der Waals surface area contributed by atoms with E-state index in [2.05, 4.69) is 86.8 Å². The fraction of sp³-hybridized carbons (Fsp3) is 0.712. The van der Waals surface area contributed by atoms with Gasteiger partial charge in [-0.2, -0.15) is 0 Å². The van der Waals surface area contributed by atoms with E-state index in [-0.39, 0.29) is 49.1 Å². The molecule has 0 fully saturated rings. The van der Waals surface area contributed by atoms with Gasteiger partial charge in [0.1, 0.15) is 12.6 Å². The van der Waals surface area contributed by atoms with Crippen molar-refractivity contribution in [1.82, 2.24) is 0 Å². The predicted octanol–water partition coefficient (Wildman–Crippen LogP) is 12.2. The van der Waals surface area contributed by atoms with Crippen LogP contribution in [0.5, 0.6) is 0 Å². The number of hydrogen-bond acceptors (Lipinski definition) is 7. The first-order chi connectivity index (χ1) is 29.1. The van der Waals surface area contributed by atoms with E-state index in [0.717, 1.165) is 83.5 Å². The summed E-state index contributed by atoms with van der Waals surface area (Å²) in [7, 11) is 5.39. The maximum absolute atomic E-state index is 12.7. The highest BCUT2D eigenvalue weighted by molar-refractivity contribution is 5.70. The summed E-state index contributed by atoms with van der Waals surface area (Å²) in [6.07, 6.45) is 53.5. The fourth-order valence-electron chi connectivity index (χ4n) is 6.62. The molecule has 0 aliphatic rings. The van der Waals surface area contributed by atoms with Crippen LogP contribution in [0.2, 0.25) is 0 Å². The maximum atomic E-state index is 12.7. The third kappa shape index (κ3) is 40.2. The highest BCUT2D eigenvalue weighted by Crippen LogP contribution is 2.14. The number of hydrogen-bond donors (Lipinski definition) is 0. The SMILES string of the molecule is CC/C=C\C/C=C\C/C=C\C/C=C\CCCCCCC(=O)OC(COCCC(C(=O)[O-])[N+](C)(C)C)COC(=O)CCCCCCCCCCC/C=C\C/C=C\CCCCC. The molecule has 0 amide bonds. The molecule has 60 heavy (non-hydrogen) atoms. The summed E-state index contributed by atoms with van der Waals surface area (Å²) in [4.78, 5) is 37.0. The highest BCUT2D eigenvalue weighted by Gasteiger charge is 2.25. The van der Waals surface area contributed by atoms with E-state index in [1.807, 2.05) is 0 Å². The van der Waals surface area contributed by atoms with Crippen molar-refractivity contribution in [3.8, 4) is 0 Å². The Labute approximate surface area is 368 Å². The highest BCUT2D eigenvalue weighted by atomic mass is 16.6. The molecule has 2 atom stereocenters. The number of esters is 2. The molecule has 0 heterocycles. The Balaban J connectivity index is 4.34. The smallest absolute Gasteiger partial charge is 0.306 e. The normalized spacial score (nSPS) is 13.6. The summed E-state index contributed by atoms with van der Waals surface area (Å²) in [5, 5.41) is 11.6. The second kappa shape index (κ2) is 42.5. The number of unbranched alkanes of at least 4 members (excludes halogenated alkanes) is 16. The fourth-order valence-corrected chi connectivity index (χ4v) is 6.62. The summed E-state index contributed by atoms with van der Waals surface area (Å²) >= 11 is 0. The summed E-state index contributed by atoms with van der Waals surface area (Å²) in [5.41, 5.74) is 0. The average Bonchev–Trinajstić information content (AvgIpc) is 3.21. The molecule has 2 unspecified atom stereocenters. The lowest BCUT2D eigenvalue weighted by Crippen LogP contribution is -2.55. The van der Waals surface area contributed by atoms with Gasteiger partial charge in [0.05, 0.1) is 40.3 Å². The molecule has 8 nitrogen and oxygen atoms in total. The van der Waals surface area contributed by atoms with Gasteiger partial charge < -0.3 is 28.6 Å². The molecule has 0 saturated heterocycles. The van der Waals surface area contributed by atoms with Gasteiger partial charge in [-0.3, -0.25) is 9.59 Å². The summed E-state index contributed by atoms with van der Waals surface area (Å²) in [6.45, 7) is 4.49. The van der Waals surface area contributed by atoms with Crippen LogP contribution in [0.3, 0.4) is 0 Å². The zero-order chi connectivity index (χ0) is 44.2. The average molecular weight is 840 g/mol. The number of ether oxygens (including phenoxy) is 3. The number of carboxylic acids is 1. The number of carboxylic acid groups (broad SMARTS) is 1. The van der Waals surface area contributed by atoms with Gasteiger partial charge in [-0.1, -0.05) is 157 Å². The number of carbonyl (C=O) groups is 3. The van der Waals surface area contributed by atoms with Gasteiger partial charge in [0, 0.05) is 19.3 Å². The minimum absolute atomic E-state index is 0.0261. The Bertz CT molecular complexity index is 1210. The predicted molar refractivity (Wildman–Crippen MR) is 249 cm³/mol. The van der Waals surface area contributed by atoms with Crippen molar-refractivity contribution < 1.29 is 38.2 Å². The molecule has 0 aliphatic carbocycles. The van der Waals surface area contributed by atoms with Crippen LogP contribution >= 0.6 is 0 Å². The van der Waals surface area contributed by atoms with Crippen molar-refractivity contribution in [1.29, 1.82) is 0 Å². The summed E-state index contributed by atoms with van der Waals surface area (Å²) in [5.74, 6) is -1.78. The van der Waals surface area contributed by atoms with Crippen molar-refractivity contribution in [2.75, 3.05) is 41.0 Å². The zero-order valence-electron chi connectivity index (χ0n) is 39.1. The van der Waals surface area contributed by atoms with Crippen LogP contribution in [0, 0.1) is 0 Å². The van der Waals surface area contributed by atoms with Crippen LogP contribution in [-0.4, -0.2) is 75.5 Å². The molecule has 0 bridgehead atoms. The molecule has 344 valence electrons. The summed E-state index contributed by atoms with van der Waals surface area (Å²) < 4.78 is 17.2. The largest absolute Gasteiger partial charge is 0.544 e. The number of rotatable bonds is 42. The van der Waals surface area contributed by atoms with E-state index in [1.165, 1.54) is 70.6 Å². The van der Waals surface area contributed by atoms with E-state index < -0.39 is 18.1 Å². The van der Waals surface area contributed by atoms with Crippen LogP contribution in [-0.2, 0) is 28.6 Å². The number of likely N-dealkylation sites (N-methyl/N-ethyl adjacent to an activating group) is 1. The molecule has 0 rings (SSSR count). The summed E-state index contributed by atoms with van der Waals surface area (Å²) in [6, 6.07) is -0.734. The topological polar surface area (TPSA) is 102 Å². The van der Waals surface area contributed by atoms with Crippen molar-refractivity contribution in [3.05, 3.63) is 72.9 Å². The number of allylic oxidation sites excluding steroid dienone is 12. The standard InChI is InChI=1S/C52H89NO7/c1-6-8-10-12-14-16-18-20-22-24-25-27-28-30-32-34-36-38-40-42-50(54)59-47-48(46-58-45-44-49(52(56)57)53(3,4)5)60-51(55)43-41-39-37-35-33-31-29-26-23-21-19-17-15-13-11-9-7-2/h9,11,14-17,20-23,29,31,48-49H,6-8,10,12-13,18-19,24-28,30,32-47H2,1-5H3/b11-9-,16-14-,17-15-,22-20-,23-21-,31-29-. The number of nitrogens with zero attached hydrogens (tertiary/aromatic N) is 1. The molecule has 8 heteroatoms. The van der Waals surface area contributed by atoms with E-state index in [1.54, 1.807) is 21.1 Å². The van der Waals surface area contributed by atoms with E-state index in [0.29, 0.717) is 6.42 Å².